The van der Waals surface area contributed by atoms with Crippen LogP contribution in [0, 0.1) is 0 Å². The summed E-state index contributed by atoms with van der Waals surface area (Å²) in [5, 5.41) is 40.0. The van der Waals surface area contributed by atoms with Crippen LogP contribution in [0.15, 0.2) is 42.5 Å². The van der Waals surface area contributed by atoms with Crippen LogP contribution in [-0.2, 0) is 11.2 Å². The summed E-state index contributed by atoms with van der Waals surface area (Å²) < 4.78 is 5.69. The number of hydrogen-bond acceptors (Lipinski definition) is 6. The van der Waals surface area contributed by atoms with Crippen molar-refractivity contribution in [2.24, 2.45) is 0 Å². The normalized spacial score (nSPS) is 29.7. The molecular formula is C25H33NO5. The molecule has 0 bridgehead atoms. The van der Waals surface area contributed by atoms with Gasteiger partial charge in [-0.2, -0.15) is 0 Å². The third-order valence-corrected chi connectivity index (χ3v) is 6.84. The van der Waals surface area contributed by atoms with E-state index in [1.807, 2.05) is 6.07 Å². The van der Waals surface area contributed by atoms with Gasteiger partial charge in [-0.3, -0.25) is 0 Å². The fourth-order valence-electron chi connectivity index (χ4n) is 4.90. The van der Waals surface area contributed by atoms with E-state index >= 15 is 0 Å². The molecule has 2 aliphatic rings. The van der Waals surface area contributed by atoms with Gasteiger partial charge in [0, 0.05) is 5.69 Å². The molecule has 0 spiro atoms. The van der Waals surface area contributed by atoms with Gasteiger partial charge in [0.1, 0.15) is 30.5 Å². The van der Waals surface area contributed by atoms with E-state index < -0.39 is 37.1 Å². The molecule has 4 rings (SSSR count). The van der Waals surface area contributed by atoms with Crippen molar-refractivity contribution in [3.05, 3.63) is 64.7 Å². The van der Waals surface area contributed by atoms with Gasteiger partial charge in [-0.1, -0.05) is 55.7 Å². The average molecular weight is 428 g/mol. The van der Waals surface area contributed by atoms with E-state index in [0.717, 1.165) is 11.1 Å². The van der Waals surface area contributed by atoms with Gasteiger partial charge in [0.05, 0.1) is 6.61 Å². The summed E-state index contributed by atoms with van der Waals surface area (Å²) in [6, 6.07) is 14.1. The molecule has 6 N–H and O–H groups in total. The molecule has 0 radical (unpaired) electrons. The van der Waals surface area contributed by atoms with Gasteiger partial charge in [0.15, 0.2) is 0 Å². The Morgan fingerprint density at radius 2 is 1.52 bits per heavy atom. The SMILES string of the molecule is Nc1ccc([C@@H]2O[C@H](CO)[C@@H](O)[C@H](O)[C@H]2O)cc1Cc1ccc(C2CCCCC2)cc1. The highest BCUT2D eigenvalue weighted by atomic mass is 16.5. The van der Waals surface area contributed by atoms with Crippen LogP contribution < -0.4 is 5.73 Å². The highest BCUT2D eigenvalue weighted by Crippen LogP contribution is 2.35. The quantitative estimate of drug-likeness (QED) is 0.468. The number of anilines is 1. The van der Waals surface area contributed by atoms with Crippen molar-refractivity contribution < 1.29 is 25.2 Å². The van der Waals surface area contributed by atoms with E-state index in [2.05, 4.69) is 24.3 Å². The lowest BCUT2D eigenvalue weighted by atomic mass is 9.83. The Morgan fingerprint density at radius 1 is 0.839 bits per heavy atom. The zero-order chi connectivity index (χ0) is 22.0. The van der Waals surface area contributed by atoms with Crippen LogP contribution in [0.5, 0.6) is 0 Å². The van der Waals surface area contributed by atoms with Gasteiger partial charge in [-0.15, -0.1) is 0 Å². The Morgan fingerprint density at radius 3 is 2.19 bits per heavy atom. The average Bonchev–Trinajstić information content (AvgIpc) is 2.80. The van der Waals surface area contributed by atoms with E-state index in [4.69, 9.17) is 10.5 Å². The number of ether oxygens (including phenoxy) is 1. The predicted octanol–water partition coefficient (Wildman–Crippen LogP) is 2.42. The minimum Gasteiger partial charge on any atom is -0.398 e. The molecule has 31 heavy (non-hydrogen) atoms. The molecular weight excluding hydrogens is 394 g/mol. The Balaban J connectivity index is 1.51. The first kappa shape index (κ1) is 22.2. The first-order chi connectivity index (χ1) is 15.0. The van der Waals surface area contributed by atoms with Gasteiger partial charge in [-0.05, 0) is 53.5 Å². The maximum Gasteiger partial charge on any atom is 0.113 e. The van der Waals surface area contributed by atoms with E-state index in [-0.39, 0.29) is 0 Å². The van der Waals surface area contributed by atoms with Crippen molar-refractivity contribution in [2.75, 3.05) is 12.3 Å². The summed E-state index contributed by atoms with van der Waals surface area (Å²) in [6.45, 7) is -0.448. The Hall–Kier alpha value is -1.96. The van der Waals surface area contributed by atoms with Gasteiger partial charge < -0.3 is 30.9 Å². The van der Waals surface area contributed by atoms with Crippen LogP contribution in [0.1, 0.15) is 66.4 Å². The predicted molar refractivity (Wildman–Crippen MR) is 119 cm³/mol. The second kappa shape index (κ2) is 9.67. The molecule has 0 amide bonds. The Bertz CT molecular complexity index is 863. The lowest BCUT2D eigenvalue weighted by molar-refractivity contribution is -0.231. The molecule has 1 saturated heterocycles. The number of nitrogens with two attached hydrogens (primary N) is 1. The molecule has 6 nitrogen and oxygen atoms in total. The monoisotopic (exact) mass is 427 g/mol. The van der Waals surface area contributed by atoms with Gasteiger partial charge in [0.2, 0.25) is 0 Å². The summed E-state index contributed by atoms with van der Waals surface area (Å²) in [6.07, 6.45) is 1.30. The molecule has 0 unspecified atom stereocenters. The topological polar surface area (TPSA) is 116 Å². The molecule has 6 heteroatoms. The number of nitrogen functional groups attached to an aromatic ring is 1. The van der Waals surface area contributed by atoms with Crippen molar-refractivity contribution in [2.45, 2.75) is 75.0 Å². The molecule has 1 saturated carbocycles. The van der Waals surface area contributed by atoms with Crippen LogP contribution in [0.25, 0.3) is 0 Å². The largest absolute Gasteiger partial charge is 0.398 e. The fourth-order valence-corrected chi connectivity index (χ4v) is 4.90. The smallest absolute Gasteiger partial charge is 0.113 e. The van der Waals surface area contributed by atoms with Crippen molar-refractivity contribution in [1.82, 2.24) is 0 Å². The zero-order valence-corrected chi connectivity index (χ0v) is 17.7. The van der Waals surface area contributed by atoms with Crippen LogP contribution in [-0.4, -0.2) is 51.4 Å². The van der Waals surface area contributed by atoms with E-state index in [1.165, 1.54) is 37.7 Å². The van der Waals surface area contributed by atoms with Crippen molar-refractivity contribution in [1.29, 1.82) is 0 Å². The molecule has 1 heterocycles. The summed E-state index contributed by atoms with van der Waals surface area (Å²) in [7, 11) is 0. The molecule has 168 valence electrons. The van der Waals surface area contributed by atoms with Crippen molar-refractivity contribution in [3.8, 4) is 0 Å². The minimum absolute atomic E-state index is 0.448. The van der Waals surface area contributed by atoms with Crippen molar-refractivity contribution >= 4 is 5.69 Å². The molecule has 2 aromatic rings. The second-order valence-corrected chi connectivity index (χ2v) is 8.96. The van der Waals surface area contributed by atoms with Gasteiger partial charge in [-0.25, -0.2) is 0 Å². The maximum atomic E-state index is 10.4. The first-order valence-corrected chi connectivity index (χ1v) is 11.3. The van der Waals surface area contributed by atoms with E-state index in [1.54, 1.807) is 12.1 Å². The Labute approximate surface area is 183 Å². The van der Waals surface area contributed by atoms with Gasteiger partial charge >= 0.3 is 0 Å². The third kappa shape index (κ3) is 4.78. The molecule has 2 aromatic carbocycles. The number of rotatable bonds is 5. The molecule has 1 aliphatic carbocycles. The molecule has 0 aromatic heterocycles. The zero-order valence-electron chi connectivity index (χ0n) is 17.7. The summed E-state index contributed by atoms with van der Waals surface area (Å²) >= 11 is 0. The number of aliphatic hydroxyl groups excluding tert-OH is 4. The van der Waals surface area contributed by atoms with Crippen LogP contribution in [0.3, 0.4) is 0 Å². The molecule has 5 atom stereocenters. The molecule has 1 aliphatic heterocycles. The summed E-state index contributed by atoms with van der Waals surface area (Å²) in [5.74, 6) is 0.669. The van der Waals surface area contributed by atoms with Crippen LogP contribution >= 0.6 is 0 Å². The summed E-state index contributed by atoms with van der Waals surface area (Å²) in [4.78, 5) is 0. The van der Waals surface area contributed by atoms with E-state index in [0.29, 0.717) is 23.6 Å². The highest BCUT2D eigenvalue weighted by molar-refractivity contribution is 5.51. The highest BCUT2D eigenvalue weighted by Gasteiger charge is 2.44. The van der Waals surface area contributed by atoms with E-state index in [9.17, 15) is 20.4 Å². The molecule has 2 fully saturated rings. The number of hydrogen-bond donors (Lipinski definition) is 5. The second-order valence-electron chi connectivity index (χ2n) is 8.96. The Kier molecular flexibility index (Phi) is 6.94. The summed E-state index contributed by atoms with van der Waals surface area (Å²) in [5.41, 5.74) is 11.0. The standard InChI is InChI=1S/C25H33NO5/c26-20-11-10-18(25-24(30)23(29)22(28)21(14-27)31-25)13-19(20)12-15-6-8-17(9-7-15)16-4-2-1-3-5-16/h6-11,13,16,21-25,27-30H,1-5,12,14,26H2/t21-,22-,23+,24-,25+/m1/s1. The number of benzene rings is 2. The lowest BCUT2D eigenvalue weighted by Gasteiger charge is -2.40. The fraction of sp³-hybridized carbons (Fsp3) is 0.520. The third-order valence-electron chi connectivity index (χ3n) is 6.84. The minimum atomic E-state index is -1.40. The number of aliphatic hydroxyl groups is 4. The first-order valence-electron chi connectivity index (χ1n) is 11.3. The van der Waals surface area contributed by atoms with Crippen molar-refractivity contribution in [3.63, 3.8) is 0 Å². The lowest BCUT2D eigenvalue weighted by Crippen LogP contribution is -2.55. The maximum absolute atomic E-state index is 10.4. The van der Waals surface area contributed by atoms with Crippen LogP contribution in [0.2, 0.25) is 0 Å². The van der Waals surface area contributed by atoms with Crippen LogP contribution in [0.4, 0.5) is 5.69 Å². The van der Waals surface area contributed by atoms with Gasteiger partial charge in [0.25, 0.3) is 0 Å².